The Bertz CT molecular complexity index is 853. The van der Waals surface area contributed by atoms with E-state index in [4.69, 9.17) is 9.15 Å². The predicted octanol–water partition coefficient (Wildman–Crippen LogP) is 3.64. The Morgan fingerprint density at radius 3 is 2.50 bits per heavy atom. The zero-order chi connectivity index (χ0) is 19.9. The molecule has 0 aliphatic heterocycles. The molecular weight excluding hydrogens is 358 g/mol. The van der Waals surface area contributed by atoms with E-state index in [1.807, 2.05) is 6.07 Å². The first-order valence-corrected chi connectivity index (χ1v) is 9.73. The Hall–Kier alpha value is -3.01. The number of amides is 1. The number of rotatable bonds is 5. The molecule has 1 saturated carbocycles. The molecule has 0 atom stereocenters. The molecule has 2 heterocycles. The highest BCUT2D eigenvalue weighted by Gasteiger charge is 2.26. The normalized spacial score (nSPS) is 15.3. The van der Waals surface area contributed by atoms with Gasteiger partial charge in [-0.1, -0.05) is 32.1 Å². The van der Waals surface area contributed by atoms with Crippen LogP contribution in [0.5, 0.6) is 0 Å². The third-order valence-electron chi connectivity index (χ3n) is 5.03. The fourth-order valence-corrected chi connectivity index (χ4v) is 3.60. The van der Waals surface area contributed by atoms with Crippen LogP contribution in [0.25, 0.3) is 5.88 Å². The van der Waals surface area contributed by atoms with E-state index >= 15 is 0 Å². The molecule has 148 valence electrons. The van der Waals surface area contributed by atoms with Crippen LogP contribution in [0.1, 0.15) is 66.6 Å². The van der Waals surface area contributed by atoms with Crippen molar-refractivity contribution in [2.45, 2.75) is 57.9 Å². The minimum Gasteiger partial charge on any atom is -0.452 e. The van der Waals surface area contributed by atoms with Gasteiger partial charge >= 0.3 is 5.97 Å². The summed E-state index contributed by atoms with van der Waals surface area (Å²) < 4.78 is 12.4. The summed E-state index contributed by atoms with van der Waals surface area (Å²) in [7, 11) is 0. The molecule has 0 unspecified atom stereocenters. The topological polar surface area (TPSA) is 97.3 Å². The predicted molar refractivity (Wildman–Crippen MR) is 102 cm³/mol. The highest BCUT2D eigenvalue weighted by atomic mass is 16.5. The number of hydrogen-bond acceptors (Lipinski definition) is 5. The van der Waals surface area contributed by atoms with E-state index in [-0.39, 0.29) is 41.3 Å². The summed E-state index contributed by atoms with van der Waals surface area (Å²) in [4.78, 5) is 24.7. The van der Waals surface area contributed by atoms with Gasteiger partial charge in [-0.15, -0.1) is 0 Å². The van der Waals surface area contributed by atoms with E-state index in [2.05, 4.69) is 5.32 Å². The van der Waals surface area contributed by atoms with Gasteiger partial charge < -0.3 is 14.5 Å². The third kappa shape index (κ3) is 4.63. The first-order chi connectivity index (χ1) is 13.6. The van der Waals surface area contributed by atoms with Gasteiger partial charge in [-0.05, 0) is 31.9 Å². The number of furan rings is 1. The molecule has 1 aliphatic rings. The van der Waals surface area contributed by atoms with Gasteiger partial charge in [0.05, 0.1) is 0 Å². The molecule has 3 rings (SSSR count). The minimum absolute atomic E-state index is 0.0601. The maximum atomic E-state index is 12.5. The molecule has 28 heavy (non-hydrogen) atoms. The summed E-state index contributed by atoms with van der Waals surface area (Å²) >= 11 is 0. The molecule has 7 nitrogen and oxygen atoms in total. The fraction of sp³-hybridized carbons (Fsp3) is 0.476. The highest BCUT2D eigenvalue weighted by Crippen LogP contribution is 2.26. The van der Waals surface area contributed by atoms with Crippen molar-refractivity contribution in [3.63, 3.8) is 0 Å². The van der Waals surface area contributed by atoms with Crippen molar-refractivity contribution in [2.24, 2.45) is 0 Å². The molecule has 2 aromatic heterocycles. The van der Waals surface area contributed by atoms with Crippen molar-refractivity contribution in [3.05, 3.63) is 41.4 Å². The number of carbonyl (C=O) groups is 2. The van der Waals surface area contributed by atoms with Crippen molar-refractivity contribution in [1.82, 2.24) is 9.88 Å². The molecule has 2 aromatic rings. The van der Waals surface area contributed by atoms with Crippen molar-refractivity contribution in [1.29, 1.82) is 5.26 Å². The summed E-state index contributed by atoms with van der Waals surface area (Å²) in [5, 5.41) is 12.4. The van der Waals surface area contributed by atoms with Gasteiger partial charge in [0.25, 0.3) is 5.91 Å². The van der Waals surface area contributed by atoms with Gasteiger partial charge in [0.2, 0.25) is 5.88 Å². The molecule has 0 radical (unpaired) electrons. The van der Waals surface area contributed by atoms with E-state index in [1.165, 1.54) is 19.3 Å². The van der Waals surface area contributed by atoms with Gasteiger partial charge in [0.1, 0.15) is 23.0 Å². The van der Waals surface area contributed by atoms with Gasteiger partial charge in [-0.25, -0.2) is 4.79 Å². The van der Waals surface area contributed by atoms with E-state index in [0.29, 0.717) is 0 Å². The number of aromatic nitrogens is 1. The second-order valence-corrected chi connectivity index (χ2v) is 7.10. The Morgan fingerprint density at radius 1 is 1.21 bits per heavy atom. The molecule has 0 bridgehead atoms. The molecule has 0 aromatic carbocycles. The minimum atomic E-state index is -0.732. The molecule has 1 fully saturated rings. The lowest BCUT2D eigenvalue weighted by Gasteiger charge is -2.20. The zero-order valence-corrected chi connectivity index (χ0v) is 16.1. The van der Waals surface area contributed by atoms with Crippen LogP contribution in [-0.2, 0) is 9.53 Å². The van der Waals surface area contributed by atoms with Crippen LogP contribution in [0.3, 0.4) is 0 Å². The molecule has 7 heteroatoms. The van der Waals surface area contributed by atoms with E-state index < -0.39 is 5.97 Å². The smallest absolute Gasteiger partial charge is 0.343 e. The van der Waals surface area contributed by atoms with Crippen LogP contribution in [0, 0.1) is 18.3 Å². The lowest BCUT2D eigenvalue weighted by molar-refractivity contribution is -0.125. The van der Waals surface area contributed by atoms with Crippen LogP contribution in [0.2, 0.25) is 0 Å². The van der Waals surface area contributed by atoms with Gasteiger partial charge in [0, 0.05) is 18.4 Å². The number of nitriles is 1. The van der Waals surface area contributed by atoms with E-state index in [1.54, 1.807) is 36.0 Å². The van der Waals surface area contributed by atoms with E-state index in [9.17, 15) is 14.9 Å². The maximum absolute atomic E-state index is 12.5. The number of hydrogen-bond donors (Lipinski definition) is 1. The molecule has 1 aliphatic carbocycles. The summed E-state index contributed by atoms with van der Waals surface area (Å²) in [6, 6.07) is 5.72. The molecule has 0 spiro atoms. The summed E-state index contributed by atoms with van der Waals surface area (Å²) in [6.07, 6.45) is 11.2. The summed E-state index contributed by atoms with van der Waals surface area (Å²) in [6.45, 7) is 1.22. The van der Waals surface area contributed by atoms with Crippen LogP contribution < -0.4 is 5.32 Å². The largest absolute Gasteiger partial charge is 0.452 e. The number of carbonyl (C=O) groups excluding carboxylic acids is 2. The lowest BCUT2D eigenvalue weighted by atomic mass is 9.97. The first kappa shape index (κ1) is 19.7. The average Bonchev–Trinajstić information content (AvgIpc) is 3.29. The molecular formula is C21H25N3O4. The Morgan fingerprint density at radius 2 is 1.86 bits per heavy atom. The zero-order valence-electron chi connectivity index (χ0n) is 16.1. The van der Waals surface area contributed by atoms with Gasteiger partial charge in [0.15, 0.2) is 6.61 Å². The summed E-state index contributed by atoms with van der Waals surface area (Å²) in [5.74, 6) is -0.505. The second kappa shape index (κ2) is 9.27. The van der Waals surface area contributed by atoms with Crippen molar-refractivity contribution < 1.29 is 18.7 Å². The Labute approximate surface area is 164 Å². The first-order valence-electron chi connectivity index (χ1n) is 9.73. The fourth-order valence-electron chi connectivity index (χ4n) is 3.60. The van der Waals surface area contributed by atoms with Crippen LogP contribution >= 0.6 is 0 Å². The average molecular weight is 383 g/mol. The van der Waals surface area contributed by atoms with Gasteiger partial charge in [-0.3, -0.25) is 9.36 Å². The molecule has 1 amide bonds. The second-order valence-electron chi connectivity index (χ2n) is 7.10. The number of nitrogens with one attached hydrogen (secondary N) is 1. The van der Waals surface area contributed by atoms with Crippen molar-refractivity contribution in [3.8, 4) is 12.0 Å². The van der Waals surface area contributed by atoms with Gasteiger partial charge in [-0.2, -0.15) is 5.26 Å². The van der Waals surface area contributed by atoms with Crippen LogP contribution in [0.4, 0.5) is 0 Å². The van der Waals surface area contributed by atoms with Crippen LogP contribution in [0.15, 0.2) is 28.9 Å². The molecule has 0 saturated heterocycles. The quantitative estimate of drug-likeness (QED) is 0.795. The number of esters is 1. The Balaban J connectivity index is 1.62. The monoisotopic (exact) mass is 383 g/mol. The summed E-state index contributed by atoms with van der Waals surface area (Å²) in [5.41, 5.74) is 0.157. The number of nitrogens with zero attached hydrogens (tertiary/aromatic N) is 2. The lowest BCUT2D eigenvalue weighted by Crippen LogP contribution is -2.38. The SMILES string of the molecule is Cc1oc(-n2cccc2)c(C#N)c1C(=O)OCC(=O)NC1CCCCCCC1. The maximum Gasteiger partial charge on any atom is 0.343 e. The number of ether oxygens (including phenoxy) is 1. The van der Waals surface area contributed by atoms with Crippen molar-refractivity contribution in [2.75, 3.05) is 6.61 Å². The Kier molecular flexibility index (Phi) is 6.53. The standard InChI is InChI=1S/C21H25N3O4/c1-15-19(17(13-22)20(28-15)24-11-7-8-12-24)21(26)27-14-18(25)23-16-9-5-3-2-4-6-10-16/h7-8,11-12,16H,2-6,9-10,14H2,1H3,(H,23,25). The number of aryl methyl sites for hydroxylation is 1. The van der Waals surface area contributed by atoms with Crippen LogP contribution in [-0.4, -0.2) is 29.1 Å². The van der Waals surface area contributed by atoms with Crippen molar-refractivity contribution >= 4 is 11.9 Å². The molecule has 1 N–H and O–H groups in total. The third-order valence-corrected chi connectivity index (χ3v) is 5.03. The highest BCUT2D eigenvalue weighted by molar-refractivity contribution is 5.95. The van der Waals surface area contributed by atoms with E-state index in [0.717, 1.165) is 25.7 Å².